The maximum absolute atomic E-state index is 4.65. The molecule has 120 valence electrons. The molecule has 21 heavy (non-hydrogen) atoms. The molecule has 0 saturated heterocycles. The van der Waals surface area contributed by atoms with E-state index in [4.69, 9.17) is 0 Å². The van der Waals surface area contributed by atoms with E-state index in [-0.39, 0.29) is 0 Å². The fraction of sp³-hybridized carbons (Fsp3) is 0.824. The Balaban J connectivity index is 2.23. The van der Waals surface area contributed by atoms with Crippen molar-refractivity contribution in [3.8, 4) is 0 Å². The largest absolute Gasteiger partial charge is 0.313 e. The SMILES string of the molecule is CCNC(Cc1c(Br)c(C)nn1CC)C1(C)CCCCC1. The first kappa shape index (κ1) is 17.0. The molecule has 4 heteroatoms. The summed E-state index contributed by atoms with van der Waals surface area (Å²) in [5.74, 6) is 0. The van der Waals surface area contributed by atoms with E-state index in [2.05, 4.69) is 58.7 Å². The predicted octanol–water partition coefficient (Wildman–Crippen LogP) is 4.46. The minimum Gasteiger partial charge on any atom is -0.313 e. The lowest BCUT2D eigenvalue weighted by molar-refractivity contribution is 0.143. The molecule has 1 atom stereocenters. The Bertz CT molecular complexity index is 461. The van der Waals surface area contributed by atoms with Gasteiger partial charge in [0.05, 0.1) is 15.9 Å². The minimum atomic E-state index is 0.421. The van der Waals surface area contributed by atoms with Crippen LogP contribution in [0.15, 0.2) is 4.47 Å². The summed E-state index contributed by atoms with van der Waals surface area (Å²) in [5.41, 5.74) is 2.88. The highest BCUT2D eigenvalue weighted by Gasteiger charge is 2.36. The zero-order chi connectivity index (χ0) is 15.5. The van der Waals surface area contributed by atoms with Crippen molar-refractivity contribution >= 4 is 15.9 Å². The molecule has 1 aromatic rings. The van der Waals surface area contributed by atoms with Crippen LogP contribution >= 0.6 is 15.9 Å². The Morgan fingerprint density at radius 3 is 2.52 bits per heavy atom. The molecule has 1 N–H and O–H groups in total. The van der Waals surface area contributed by atoms with Crippen molar-refractivity contribution in [2.75, 3.05) is 6.54 Å². The van der Waals surface area contributed by atoms with E-state index in [0.717, 1.165) is 25.2 Å². The van der Waals surface area contributed by atoms with Crippen LogP contribution in [0.5, 0.6) is 0 Å². The Kier molecular flexibility index (Phi) is 5.89. The maximum Gasteiger partial charge on any atom is 0.0738 e. The summed E-state index contributed by atoms with van der Waals surface area (Å²) in [7, 11) is 0. The maximum atomic E-state index is 4.65. The number of likely N-dealkylation sites (N-methyl/N-ethyl adjacent to an activating group) is 1. The van der Waals surface area contributed by atoms with Gasteiger partial charge in [0.15, 0.2) is 0 Å². The zero-order valence-corrected chi connectivity index (χ0v) is 15.6. The summed E-state index contributed by atoms with van der Waals surface area (Å²) in [6.07, 6.45) is 7.93. The fourth-order valence-electron chi connectivity index (χ4n) is 3.78. The molecule has 0 bridgehead atoms. The lowest BCUT2D eigenvalue weighted by Crippen LogP contribution is -2.46. The Morgan fingerprint density at radius 1 is 1.29 bits per heavy atom. The van der Waals surface area contributed by atoms with Crippen LogP contribution in [-0.4, -0.2) is 22.4 Å². The van der Waals surface area contributed by atoms with E-state index in [1.165, 1.54) is 42.3 Å². The van der Waals surface area contributed by atoms with E-state index in [0.29, 0.717) is 11.5 Å². The highest BCUT2D eigenvalue weighted by atomic mass is 79.9. The van der Waals surface area contributed by atoms with Crippen molar-refractivity contribution in [2.24, 2.45) is 5.41 Å². The predicted molar refractivity (Wildman–Crippen MR) is 92.7 cm³/mol. The molecule has 0 radical (unpaired) electrons. The van der Waals surface area contributed by atoms with E-state index in [1.807, 2.05) is 0 Å². The molecule has 1 unspecified atom stereocenters. The van der Waals surface area contributed by atoms with Crippen molar-refractivity contribution in [1.82, 2.24) is 15.1 Å². The monoisotopic (exact) mass is 355 g/mol. The lowest BCUT2D eigenvalue weighted by atomic mass is 9.69. The number of nitrogens with one attached hydrogen (secondary N) is 1. The van der Waals surface area contributed by atoms with Gasteiger partial charge in [-0.25, -0.2) is 0 Å². The number of aromatic nitrogens is 2. The molecular weight excluding hydrogens is 326 g/mol. The van der Waals surface area contributed by atoms with Gasteiger partial charge in [-0.2, -0.15) is 5.10 Å². The Labute approximate surface area is 138 Å². The van der Waals surface area contributed by atoms with E-state index < -0.39 is 0 Å². The smallest absolute Gasteiger partial charge is 0.0738 e. The lowest BCUT2D eigenvalue weighted by Gasteiger charge is -2.41. The molecule has 1 aliphatic carbocycles. The molecule has 1 aliphatic rings. The zero-order valence-electron chi connectivity index (χ0n) is 14.0. The van der Waals surface area contributed by atoms with Crippen LogP contribution in [0.1, 0.15) is 64.3 Å². The molecule has 0 amide bonds. The van der Waals surface area contributed by atoms with Gasteiger partial charge in [0, 0.05) is 19.0 Å². The number of hydrogen-bond acceptors (Lipinski definition) is 2. The van der Waals surface area contributed by atoms with Crippen LogP contribution in [0.3, 0.4) is 0 Å². The van der Waals surface area contributed by atoms with Crippen LogP contribution < -0.4 is 5.32 Å². The van der Waals surface area contributed by atoms with Gasteiger partial charge in [-0.05, 0) is 54.6 Å². The quantitative estimate of drug-likeness (QED) is 0.815. The number of aryl methyl sites for hydroxylation is 2. The summed E-state index contributed by atoms with van der Waals surface area (Å²) in [6, 6.07) is 0.542. The third-order valence-electron chi connectivity index (χ3n) is 5.14. The second-order valence-corrected chi connectivity index (χ2v) is 7.48. The number of nitrogens with zero attached hydrogens (tertiary/aromatic N) is 2. The van der Waals surface area contributed by atoms with Gasteiger partial charge >= 0.3 is 0 Å². The molecule has 1 saturated carbocycles. The average Bonchev–Trinajstić information content (AvgIpc) is 2.75. The molecule has 1 fully saturated rings. The highest BCUT2D eigenvalue weighted by Crippen LogP contribution is 2.40. The van der Waals surface area contributed by atoms with Crippen molar-refractivity contribution in [3.63, 3.8) is 0 Å². The Morgan fingerprint density at radius 2 is 1.95 bits per heavy atom. The molecule has 0 aromatic carbocycles. The van der Waals surface area contributed by atoms with Gasteiger partial charge in [0.2, 0.25) is 0 Å². The van der Waals surface area contributed by atoms with Crippen molar-refractivity contribution in [1.29, 1.82) is 0 Å². The average molecular weight is 356 g/mol. The van der Waals surface area contributed by atoms with Gasteiger partial charge in [-0.1, -0.05) is 33.1 Å². The van der Waals surface area contributed by atoms with Crippen LogP contribution in [0, 0.1) is 12.3 Å². The summed E-state index contributed by atoms with van der Waals surface area (Å²) in [4.78, 5) is 0. The third-order valence-corrected chi connectivity index (χ3v) is 6.17. The standard InChI is InChI=1S/C17H30BrN3/c1-5-19-15(17(4)10-8-7-9-11-17)12-14-16(18)13(3)20-21(14)6-2/h15,19H,5-12H2,1-4H3. The van der Waals surface area contributed by atoms with E-state index in [9.17, 15) is 0 Å². The van der Waals surface area contributed by atoms with E-state index >= 15 is 0 Å². The molecule has 0 aliphatic heterocycles. The molecule has 3 nitrogen and oxygen atoms in total. The number of halogens is 1. The summed E-state index contributed by atoms with van der Waals surface area (Å²) < 4.78 is 3.36. The van der Waals surface area contributed by atoms with Crippen LogP contribution in [0.4, 0.5) is 0 Å². The summed E-state index contributed by atoms with van der Waals surface area (Å²) >= 11 is 3.75. The molecular formula is C17H30BrN3. The minimum absolute atomic E-state index is 0.421. The third kappa shape index (κ3) is 3.70. The molecule has 1 aromatic heterocycles. The number of hydrogen-bond donors (Lipinski definition) is 1. The first-order chi connectivity index (χ1) is 10.0. The van der Waals surface area contributed by atoms with Crippen LogP contribution in [-0.2, 0) is 13.0 Å². The first-order valence-electron chi connectivity index (χ1n) is 8.47. The van der Waals surface area contributed by atoms with Gasteiger partial charge in [0.25, 0.3) is 0 Å². The normalized spacial score (nSPS) is 19.7. The first-order valence-corrected chi connectivity index (χ1v) is 9.26. The molecule has 1 heterocycles. The van der Waals surface area contributed by atoms with Crippen LogP contribution in [0.25, 0.3) is 0 Å². The van der Waals surface area contributed by atoms with Gasteiger partial charge < -0.3 is 5.32 Å². The second kappa shape index (κ2) is 7.28. The number of rotatable bonds is 6. The summed E-state index contributed by atoms with van der Waals surface area (Å²) in [6.45, 7) is 10.9. The molecule has 0 spiro atoms. The van der Waals surface area contributed by atoms with Gasteiger partial charge in [0.1, 0.15) is 0 Å². The van der Waals surface area contributed by atoms with Crippen LogP contribution in [0.2, 0.25) is 0 Å². The molecule has 2 rings (SSSR count). The van der Waals surface area contributed by atoms with Gasteiger partial charge in [-0.15, -0.1) is 0 Å². The van der Waals surface area contributed by atoms with E-state index in [1.54, 1.807) is 0 Å². The topological polar surface area (TPSA) is 29.9 Å². The second-order valence-electron chi connectivity index (χ2n) is 6.69. The fourth-order valence-corrected chi connectivity index (χ4v) is 4.22. The Hall–Kier alpha value is -0.350. The van der Waals surface area contributed by atoms with Crippen molar-refractivity contribution in [3.05, 3.63) is 15.9 Å². The van der Waals surface area contributed by atoms with Gasteiger partial charge in [-0.3, -0.25) is 4.68 Å². The highest BCUT2D eigenvalue weighted by molar-refractivity contribution is 9.10. The van der Waals surface area contributed by atoms with Crippen molar-refractivity contribution < 1.29 is 0 Å². The summed E-state index contributed by atoms with van der Waals surface area (Å²) in [5, 5.41) is 8.42. The van der Waals surface area contributed by atoms with Crippen molar-refractivity contribution in [2.45, 2.75) is 78.8 Å².